The second-order valence-electron chi connectivity index (χ2n) is 3.49. The maximum absolute atomic E-state index is 12.8. The molecule has 0 N–H and O–H groups in total. The molecule has 18 heavy (non-hydrogen) atoms. The third-order valence-corrected chi connectivity index (χ3v) is 2.43. The van der Waals surface area contributed by atoms with E-state index in [1.54, 1.807) is 0 Å². The molecule has 0 unspecified atom stereocenters. The zero-order valence-electron chi connectivity index (χ0n) is 9.58. The van der Waals surface area contributed by atoms with E-state index in [1.165, 1.54) is 32.5 Å². The van der Waals surface area contributed by atoms with Crippen LogP contribution < -0.4 is 9.47 Å². The molecule has 0 aliphatic rings. The maximum atomic E-state index is 12.8. The van der Waals surface area contributed by atoms with Crippen LogP contribution in [0.4, 0.5) is 13.2 Å². The average Bonchev–Trinajstić information content (AvgIpc) is 2.35. The van der Waals surface area contributed by atoms with Crippen LogP contribution in [-0.4, -0.2) is 24.4 Å². The first-order chi connectivity index (χ1) is 8.47. The third kappa shape index (κ3) is 2.03. The van der Waals surface area contributed by atoms with Gasteiger partial charge in [0.1, 0.15) is 0 Å². The zero-order valence-corrected chi connectivity index (χ0v) is 9.58. The summed E-state index contributed by atoms with van der Waals surface area (Å²) in [4.78, 5) is 0. The van der Waals surface area contributed by atoms with Crippen LogP contribution in [0.2, 0.25) is 0 Å². The number of halogens is 3. The lowest BCUT2D eigenvalue weighted by Crippen LogP contribution is -2.10. The molecule has 0 atom stereocenters. The molecule has 0 saturated heterocycles. The smallest absolute Gasteiger partial charge is 0.435 e. The number of nitrogens with zero attached hydrogens (tertiary/aromatic N) is 2. The van der Waals surface area contributed by atoms with Gasteiger partial charge >= 0.3 is 6.18 Å². The number of hydrogen-bond acceptors (Lipinski definition) is 4. The van der Waals surface area contributed by atoms with Crippen LogP contribution in [-0.2, 0) is 6.18 Å². The molecule has 0 amide bonds. The molecule has 0 spiro atoms. The monoisotopic (exact) mass is 258 g/mol. The summed E-state index contributed by atoms with van der Waals surface area (Å²) < 4.78 is 48.3. The van der Waals surface area contributed by atoms with Crippen molar-refractivity contribution in [1.29, 1.82) is 0 Å². The molecule has 0 aliphatic heterocycles. The van der Waals surface area contributed by atoms with Gasteiger partial charge in [-0.3, -0.25) is 0 Å². The summed E-state index contributed by atoms with van der Waals surface area (Å²) in [7, 11) is 2.76. The van der Waals surface area contributed by atoms with Crippen molar-refractivity contribution in [3.05, 3.63) is 24.0 Å². The lowest BCUT2D eigenvalue weighted by Gasteiger charge is -2.12. The van der Waals surface area contributed by atoms with E-state index in [4.69, 9.17) is 9.47 Å². The summed E-state index contributed by atoms with van der Waals surface area (Å²) in [5.41, 5.74) is -1.04. The molecule has 0 fully saturated rings. The van der Waals surface area contributed by atoms with Crippen molar-refractivity contribution in [2.45, 2.75) is 6.18 Å². The molecule has 1 heterocycles. The Morgan fingerprint density at radius 2 is 1.67 bits per heavy atom. The number of fused-ring (bicyclic) bond motifs is 1. The van der Waals surface area contributed by atoms with E-state index in [-0.39, 0.29) is 16.5 Å². The van der Waals surface area contributed by atoms with Crippen LogP contribution in [0.25, 0.3) is 10.8 Å². The molecule has 0 bridgehead atoms. The first-order valence-corrected chi connectivity index (χ1v) is 4.92. The van der Waals surface area contributed by atoms with Gasteiger partial charge in [0, 0.05) is 10.8 Å². The summed E-state index contributed by atoms with van der Waals surface area (Å²) in [6.45, 7) is 0. The van der Waals surface area contributed by atoms with Gasteiger partial charge in [-0.05, 0) is 12.1 Å². The van der Waals surface area contributed by atoms with Gasteiger partial charge in [-0.2, -0.15) is 18.3 Å². The zero-order chi connectivity index (χ0) is 13.3. The van der Waals surface area contributed by atoms with Gasteiger partial charge in [0.15, 0.2) is 17.2 Å². The number of alkyl halides is 3. The fourth-order valence-electron chi connectivity index (χ4n) is 1.62. The Bertz CT molecular complexity index is 584. The number of ether oxygens (including phenoxy) is 2. The van der Waals surface area contributed by atoms with Gasteiger partial charge in [-0.1, -0.05) is 0 Å². The highest BCUT2D eigenvalue weighted by Gasteiger charge is 2.35. The predicted molar refractivity (Wildman–Crippen MR) is 57.6 cm³/mol. The molecule has 96 valence electrons. The minimum Gasteiger partial charge on any atom is -0.493 e. The van der Waals surface area contributed by atoms with Gasteiger partial charge in [0.25, 0.3) is 0 Å². The van der Waals surface area contributed by atoms with Crippen molar-refractivity contribution in [2.24, 2.45) is 0 Å². The van der Waals surface area contributed by atoms with E-state index in [0.29, 0.717) is 5.75 Å². The van der Waals surface area contributed by atoms with Crippen molar-refractivity contribution >= 4 is 10.8 Å². The van der Waals surface area contributed by atoms with Crippen molar-refractivity contribution < 1.29 is 22.6 Å². The largest absolute Gasteiger partial charge is 0.493 e. The first-order valence-electron chi connectivity index (χ1n) is 4.92. The van der Waals surface area contributed by atoms with Crippen LogP contribution in [0.1, 0.15) is 5.69 Å². The van der Waals surface area contributed by atoms with Crippen LogP contribution in [0.3, 0.4) is 0 Å². The second-order valence-corrected chi connectivity index (χ2v) is 3.49. The predicted octanol–water partition coefficient (Wildman–Crippen LogP) is 2.67. The summed E-state index contributed by atoms with van der Waals surface area (Å²) in [5, 5.41) is 6.69. The summed E-state index contributed by atoms with van der Waals surface area (Å²) in [6, 6.07) is 2.67. The lowest BCUT2D eigenvalue weighted by atomic mass is 10.1. The number of hydrogen-bond donors (Lipinski definition) is 0. The van der Waals surface area contributed by atoms with E-state index in [2.05, 4.69) is 10.2 Å². The fraction of sp³-hybridized carbons (Fsp3) is 0.273. The normalized spacial score (nSPS) is 11.6. The Hall–Kier alpha value is -2.05. The molecular formula is C11H9F3N2O2. The third-order valence-electron chi connectivity index (χ3n) is 2.43. The number of methoxy groups -OCH3 is 2. The van der Waals surface area contributed by atoms with Crippen LogP contribution in [0, 0.1) is 0 Å². The Balaban J connectivity index is 2.77. The van der Waals surface area contributed by atoms with E-state index >= 15 is 0 Å². The van der Waals surface area contributed by atoms with Gasteiger partial charge in [-0.25, -0.2) is 0 Å². The van der Waals surface area contributed by atoms with E-state index < -0.39 is 11.9 Å². The summed E-state index contributed by atoms with van der Waals surface area (Å²) in [5.74, 6) is 0.551. The number of rotatable bonds is 2. The molecular weight excluding hydrogens is 249 g/mol. The highest BCUT2D eigenvalue weighted by molar-refractivity contribution is 5.87. The first kappa shape index (κ1) is 12.4. The molecule has 0 saturated carbocycles. The van der Waals surface area contributed by atoms with Crippen molar-refractivity contribution in [3.63, 3.8) is 0 Å². The van der Waals surface area contributed by atoms with Crippen LogP contribution in [0.5, 0.6) is 11.5 Å². The molecule has 2 rings (SSSR count). The molecule has 0 aliphatic carbocycles. The second kappa shape index (κ2) is 4.32. The van der Waals surface area contributed by atoms with Gasteiger partial charge in [-0.15, -0.1) is 5.10 Å². The highest BCUT2D eigenvalue weighted by atomic mass is 19.4. The molecule has 4 nitrogen and oxygen atoms in total. The fourth-order valence-corrected chi connectivity index (χ4v) is 1.62. The Morgan fingerprint density at radius 1 is 1.06 bits per heavy atom. The van der Waals surface area contributed by atoms with Crippen molar-refractivity contribution in [2.75, 3.05) is 14.2 Å². The minimum atomic E-state index is -4.56. The average molecular weight is 258 g/mol. The number of aromatic nitrogens is 2. The lowest BCUT2D eigenvalue weighted by molar-refractivity contribution is -0.140. The molecule has 0 radical (unpaired) electrons. The van der Waals surface area contributed by atoms with Gasteiger partial charge < -0.3 is 9.47 Å². The number of benzene rings is 1. The van der Waals surface area contributed by atoms with E-state index in [1.807, 2.05) is 0 Å². The van der Waals surface area contributed by atoms with Crippen molar-refractivity contribution in [1.82, 2.24) is 10.2 Å². The van der Waals surface area contributed by atoms with Gasteiger partial charge in [0.2, 0.25) is 0 Å². The van der Waals surface area contributed by atoms with Crippen molar-refractivity contribution in [3.8, 4) is 11.5 Å². The molecule has 2 aromatic rings. The quantitative estimate of drug-likeness (QED) is 0.830. The SMILES string of the molecule is COc1cc2cnnc(C(F)(F)F)c2cc1OC. The standard InChI is InChI=1S/C11H9F3N2O2/c1-17-8-3-6-5-15-16-10(11(12,13)14)7(6)4-9(8)18-2/h3-5H,1-2H3. The Morgan fingerprint density at radius 3 is 2.22 bits per heavy atom. The minimum absolute atomic E-state index is 0.0739. The van der Waals surface area contributed by atoms with E-state index in [9.17, 15) is 13.2 Å². The summed E-state index contributed by atoms with van der Waals surface area (Å²) >= 11 is 0. The van der Waals surface area contributed by atoms with Crippen LogP contribution >= 0.6 is 0 Å². The Labute approximate surface area is 100 Å². The molecule has 1 aromatic carbocycles. The summed E-state index contributed by atoms with van der Waals surface area (Å²) in [6.07, 6.45) is -3.32. The molecule has 1 aromatic heterocycles. The van der Waals surface area contributed by atoms with Crippen LogP contribution in [0.15, 0.2) is 18.3 Å². The topological polar surface area (TPSA) is 44.2 Å². The Kier molecular flexibility index (Phi) is 2.98. The molecule has 7 heteroatoms. The maximum Gasteiger partial charge on any atom is 0.435 e. The van der Waals surface area contributed by atoms with E-state index in [0.717, 1.165) is 0 Å². The highest BCUT2D eigenvalue weighted by Crippen LogP contribution is 2.37. The van der Waals surface area contributed by atoms with Gasteiger partial charge in [0.05, 0.1) is 20.4 Å².